The predicted molar refractivity (Wildman–Crippen MR) is 104 cm³/mol. The molecule has 7 nitrogen and oxygen atoms in total. The lowest BCUT2D eigenvalue weighted by Crippen LogP contribution is -2.21. The summed E-state index contributed by atoms with van der Waals surface area (Å²) in [5, 5.41) is 24.4. The second kappa shape index (κ2) is 7.24. The summed E-state index contributed by atoms with van der Waals surface area (Å²) < 4.78 is 5.69. The van der Waals surface area contributed by atoms with Crippen LogP contribution in [0.5, 0.6) is 11.5 Å². The fourth-order valence-electron chi connectivity index (χ4n) is 2.62. The molecule has 0 radical (unpaired) electrons. The van der Waals surface area contributed by atoms with E-state index in [0.717, 1.165) is 0 Å². The van der Waals surface area contributed by atoms with Gasteiger partial charge in [-0.25, -0.2) is 4.79 Å². The molecule has 1 amide bonds. The van der Waals surface area contributed by atoms with E-state index >= 15 is 0 Å². The molecule has 1 aliphatic heterocycles. The highest BCUT2D eigenvalue weighted by atomic mass is 79.9. The number of rotatable bonds is 4. The lowest BCUT2D eigenvalue weighted by Gasteiger charge is -2.12. The number of halogens is 1. The van der Waals surface area contributed by atoms with E-state index in [0.29, 0.717) is 27.0 Å². The average Bonchev–Trinajstić information content (AvgIpc) is 2.92. The van der Waals surface area contributed by atoms with Gasteiger partial charge in [0.25, 0.3) is 5.91 Å². The Labute approximate surface area is 163 Å². The second-order valence-corrected chi connectivity index (χ2v) is 6.62. The van der Waals surface area contributed by atoms with Gasteiger partial charge in [-0.2, -0.15) is 10.1 Å². The number of carboxylic acid groups (broad SMARTS) is 1. The molecule has 0 bridgehead atoms. The van der Waals surface area contributed by atoms with Crippen molar-refractivity contribution in [1.29, 1.82) is 0 Å². The van der Waals surface area contributed by atoms with E-state index in [-0.39, 0.29) is 23.0 Å². The molecule has 2 aromatic rings. The van der Waals surface area contributed by atoms with Gasteiger partial charge in [0.2, 0.25) is 0 Å². The van der Waals surface area contributed by atoms with Crippen molar-refractivity contribution >= 4 is 45.3 Å². The minimum Gasteiger partial charge on any atom is -0.504 e. The van der Waals surface area contributed by atoms with Gasteiger partial charge in [-0.3, -0.25) is 4.79 Å². The van der Waals surface area contributed by atoms with Crippen LogP contribution in [-0.2, 0) is 4.79 Å². The van der Waals surface area contributed by atoms with Gasteiger partial charge >= 0.3 is 5.97 Å². The first-order valence-electron chi connectivity index (χ1n) is 7.83. The average molecular weight is 431 g/mol. The lowest BCUT2D eigenvalue weighted by atomic mass is 10.1. The number of nitrogens with zero attached hydrogens (tertiary/aromatic N) is 2. The molecule has 138 valence electrons. The fraction of sp³-hybridized carbons (Fsp3) is 0.105. The third-order valence-corrected chi connectivity index (χ3v) is 4.69. The Morgan fingerprint density at radius 3 is 2.70 bits per heavy atom. The molecule has 0 unspecified atom stereocenters. The molecule has 3 rings (SSSR count). The lowest BCUT2D eigenvalue weighted by molar-refractivity contribution is -0.114. The summed E-state index contributed by atoms with van der Waals surface area (Å²) in [5.41, 5.74) is 1.90. The molecule has 0 spiro atoms. The molecule has 27 heavy (non-hydrogen) atoms. The quantitative estimate of drug-likeness (QED) is 0.720. The Balaban J connectivity index is 2.00. The van der Waals surface area contributed by atoms with Crippen molar-refractivity contribution in [2.24, 2.45) is 5.10 Å². The van der Waals surface area contributed by atoms with Gasteiger partial charge in [-0.15, -0.1) is 0 Å². The zero-order chi connectivity index (χ0) is 19.7. The number of methoxy groups -OCH3 is 1. The van der Waals surface area contributed by atoms with Crippen LogP contribution in [0.25, 0.3) is 6.08 Å². The molecule has 0 saturated carbocycles. The summed E-state index contributed by atoms with van der Waals surface area (Å²) in [7, 11) is 1.44. The first-order chi connectivity index (χ1) is 12.8. The molecule has 2 N–H and O–H groups in total. The van der Waals surface area contributed by atoms with Gasteiger partial charge in [0.1, 0.15) is 0 Å². The summed E-state index contributed by atoms with van der Waals surface area (Å²) in [6, 6.07) is 9.08. The van der Waals surface area contributed by atoms with Gasteiger partial charge < -0.3 is 14.9 Å². The number of carbonyl (C=O) groups is 2. The minimum absolute atomic E-state index is 0.0261. The fourth-order valence-corrected chi connectivity index (χ4v) is 3.06. The Morgan fingerprint density at radius 1 is 1.30 bits per heavy atom. The van der Waals surface area contributed by atoms with Gasteiger partial charge in [-0.05, 0) is 48.9 Å². The van der Waals surface area contributed by atoms with Crippen molar-refractivity contribution in [2.75, 3.05) is 12.1 Å². The molecule has 0 saturated heterocycles. The summed E-state index contributed by atoms with van der Waals surface area (Å²) in [5.74, 6) is -1.22. The number of phenolic OH excluding ortho intramolecular Hbond substituents is 1. The number of hydrazone groups is 1. The third kappa shape index (κ3) is 3.56. The van der Waals surface area contributed by atoms with E-state index in [1.807, 2.05) is 0 Å². The van der Waals surface area contributed by atoms with Gasteiger partial charge in [0.15, 0.2) is 11.5 Å². The van der Waals surface area contributed by atoms with Crippen LogP contribution in [0, 0.1) is 0 Å². The van der Waals surface area contributed by atoms with E-state index in [2.05, 4.69) is 21.0 Å². The minimum atomic E-state index is -1.08. The molecule has 1 aliphatic rings. The number of anilines is 1. The Hall–Kier alpha value is -3.13. The molecule has 1 heterocycles. The number of carbonyl (C=O) groups excluding carboxylic acids is 1. The van der Waals surface area contributed by atoms with Crippen LogP contribution in [-0.4, -0.2) is 34.9 Å². The highest BCUT2D eigenvalue weighted by molar-refractivity contribution is 9.10. The Bertz CT molecular complexity index is 1010. The monoisotopic (exact) mass is 430 g/mol. The Kier molecular flexibility index (Phi) is 5.00. The number of hydrogen-bond donors (Lipinski definition) is 2. The SMILES string of the molecule is COc1cc(C=C2C(=O)N(c3cccc(C(=O)O)c3)N=C2C)c(Br)cc1O. The number of benzene rings is 2. The zero-order valence-corrected chi connectivity index (χ0v) is 16.0. The van der Waals surface area contributed by atoms with Crippen LogP contribution >= 0.6 is 15.9 Å². The number of carboxylic acids is 1. The number of phenols is 1. The van der Waals surface area contributed by atoms with E-state index < -0.39 is 5.97 Å². The maximum Gasteiger partial charge on any atom is 0.335 e. The van der Waals surface area contributed by atoms with Gasteiger partial charge in [0.05, 0.1) is 29.6 Å². The normalized spacial score (nSPS) is 15.2. The summed E-state index contributed by atoms with van der Waals surface area (Å²) in [4.78, 5) is 24.0. The Morgan fingerprint density at radius 2 is 2.04 bits per heavy atom. The molecule has 8 heteroatoms. The number of ether oxygens (including phenoxy) is 1. The van der Waals surface area contributed by atoms with Crippen LogP contribution in [0.2, 0.25) is 0 Å². The van der Waals surface area contributed by atoms with Crippen molar-refractivity contribution in [3.05, 3.63) is 57.6 Å². The van der Waals surface area contributed by atoms with E-state index in [1.54, 1.807) is 31.2 Å². The van der Waals surface area contributed by atoms with E-state index in [9.17, 15) is 14.7 Å². The maximum absolute atomic E-state index is 12.8. The largest absolute Gasteiger partial charge is 0.504 e. The molecular weight excluding hydrogens is 416 g/mol. The van der Waals surface area contributed by atoms with Crippen molar-refractivity contribution in [1.82, 2.24) is 0 Å². The van der Waals surface area contributed by atoms with E-state index in [1.165, 1.54) is 30.3 Å². The summed E-state index contributed by atoms with van der Waals surface area (Å²) in [6.45, 7) is 1.69. The summed E-state index contributed by atoms with van der Waals surface area (Å²) >= 11 is 3.35. The van der Waals surface area contributed by atoms with Crippen molar-refractivity contribution in [3.8, 4) is 11.5 Å². The van der Waals surface area contributed by atoms with Crippen molar-refractivity contribution in [3.63, 3.8) is 0 Å². The van der Waals surface area contributed by atoms with Crippen molar-refractivity contribution < 1.29 is 24.5 Å². The van der Waals surface area contributed by atoms with Crippen LogP contribution < -0.4 is 9.75 Å². The number of aromatic hydroxyl groups is 1. The number of hydrogen-bond acceptors (Lipinski definition) is 5. The van der Waals surface area contributed by atoms with Gasteiger partial charge in [-0.1, -0.05) is 22.0 Å². The molecule has 2 aromatic carbocycles. The molecule has 0 atom stereocenters. The third-order valence-electron chi connectivity index (χ3n) is 4.00. The van der Waals surface area contributed by atoms with Crippen LogP contribution in [0.4, 0.5) is 5.69 Å². The van der Waals surface area contributed by atoms with Crippen LogP contribution in [0.3, 0.4) is 0 Å². The molecule has 0 aromatic heterocycles. The highest BCUT2D eigenvalue weighted by Crippen LogP contribution is 2.34. The summed E-state index contributed by atoms with van der Waals surface area (Å²) in [6.07, 6.45) is 1.63. The van der Waals surface area contributed by atoms with E-state index in [4.69, 9.17) is 9.84 Å². The topological polar surface area (TPSA) is 99.4 Å². The van der Waals surface area contributed by atoms with Crippen molar-refractivity contribution in [2.45, 2.75) is 6.92 Å². The smallest absolute Gasteiger partial charge is 0.335 e. The second-order valence-electron chi connectivity index (χ2n) is 5.76. The molecule has 0 aliphatic carbocycles. The zero-order valence-electron chi connectivity index (χ0n) is 14.4. The number of aromatic carboxylic acids is 1. The molecular formula is C19H15BrN2O5. The first kappa shape index (κ1) is 18.7. The van der Waals surface area contributed by atoms with Crippen LogP contribution in [0.1, 0.15) is 22.8 Å². The van der Waals surface area contributed by atoms with Gasteiger partial charge in [0, 0.05) is 4.47 Å². The predicted octanol–water partition coefficient (Wildman–Crippen LogP) is 3.67. The maximum atomic E-state index is 12.8. The van der Waals surface area contributed by atoms with Crippen LogP contribution in [0.15, 0.2) is 51.5 Å². The standard InChI is InChI=1S/C19H15BrN2O5/c1-10-14(7-12-8-17(27-2)16(23)9-15(12)20)18(24)22(21-10)13-5-3-4-11(6-13)19(25)26/h3-9,23H,1-2H3,(H,25,26). The first-order valence-corrected chi connectivity index (χ1v) is 8.62. The molecule has 0 fully saturated rings. The number of amides is 1. The highest BCUT2D eigenvalue weighted by Gasteiger charge is 2.29.